The van der Waals surface area contributed by atoms with Gasteiger partial charge in [0.1, 0.15) is 0 Å². The van der Waals surface area contributed by atoms with E-state index in [1.54, 1.807) is 0 Å². The number of rotatable bonds is 6. The third kappa shape index (κ3) is 3.46. The minimum Gasteiger partial charge on any atom is -0.314 e. The van der Waals surface area contributed by atoms with Gasteiger partial charge >= 0.3 is 0 Å². The van der Waals surface area contributed by atoms with Crippen LogP contribution >= 0.6 is 0 Å². The van der Waals surface area contributed by atoms with Crippen LogP contribution in [0, 0.1) is 5.92 Å². The molecule has 0 amide bonds. The first-order chi connectivity index (χ1) is 7.83. The van der Waals surface area contributed by atoms with E-state index in [1.165, 1.54) is 51.6 Å². The van der Waals surface area contributed by atoms with Gasteiger partial charge in [-0.15, -0.1) is 0 Å². The normalized spacial score (nSPS) is 30.9. The highest BCUT2D eigenvalue weighted by Crippen LogP contribution is 2.32. The lowest BCUT2D eigenvalue weighted by Gasteiger charge is -2.37. The first kappa shape index (κ1) is 12.4. The number of hydrogen-bond donors (Lipinski definition) is 1. The first-order valence-corrected chi connectivity index (χ1v) is 7.30. The standard InChI is InChI=1S/C14H28N2/c1-3-15-13-6-5-7-14(10-13)16(4-2)11-12-8-9-12/h12-15H,3-11H2,1-2H3. The van der Waals surface area contributed by atoms with Crippen molar-refractivity contribution >= 4 is 0 Å². The Morgan fingerprint density at radius 1 is 1.12 bits per heavy atom. The Kier molecular flexibility index (Phi) is 4.66. The number of hydrogen-bond acceptors (Lipinski definition) is 2. The van der Waals surface area contributed by atoms with E-state index in [1.807, 2.05) is 0 Å². The molecule has 2 nitrogen and oxygen atoms in total. The molecular weight excluding hydrogens is 196 g/mol. The molecule has 0 saturated heterocycles. The Morgan fingerprint density at radius 2 is 1.94 bits per heavy atom. The highest BCUT2D eigenvalue weighted by molar-refractivity contribution is 4.86. The Labute approximate surface area is 101 Å². The van der Waals surface area contributed by atoms with Crippen LogP contribution in [0.1, 0.15) is 52.4 Å². The van der Waals surface area contributed by atoms with Crippen LogP contribution in [0.15, 0.2) is 0 Å². The summed E-state index contributed by atoms with van der Waals surface area (Å²) >= 11 is 0. The molecule has 1 N–H and O–H groups in total. The average molecular weight is 224 g/mol. The van der Waals surface area contributed by atoms with E-state index >= 15 is 0 Å². The van der Waals surface area contributed by atoms with Crippen molar-refractivity contribution < 1.29 is 0 Å². The van der Waals surface area contributed by atoms with Crippen molar-refractivity contribution in [2.75, 3.05) is 19.6 Å². The maximum absolute atomic E-state index is 3.64. The highest BCUT2D eigenvalue weighted by atomic mass is 15.2. The molecule has 0 spiro atoms. The van der Waals surface area contributed by atoms with Gasteiger partial charge in [0.05, 0.1) is 0 Å². The fourth-order valence-electron chi connectivity index (χ4n) is 3.14. The first-order valence-electron chi connectivity index (χ1n) is 7.30. The maximum atomic E-state index is 3.64. The highest BCUT2D eigenvalue weighted by Gasteiger charge is 2.30. The van der Waals surface area contributed by atoms with Crippen LogP contribution in [0.2, 0.25) is 0 Å². The van der Waals surface area contributed by atoms with E-state index in [0.29, 0.717) is 0 Å². The van der Waals surface area contributed by atoms with E-state index in [-0.39, 0.29) is 0 Å². The van der Waals surface area contributed by atoms with Crippen LogP contribution in [0.5, 0.6) is 0 Å². The molecule has 2 atom stereocenters. The van der Waals surface area contributed by atoms with Crippen LogP contribution in [0.3, 0.4) is 0 Å². The van der Waals surface area contributed by atoms with Crippen LogP contribution in [0.25, 0.3) is 0 Å². The van der Waals surface area contributed by atoms with Crippen molar-refractivity contribution in [1.82, 2.24) is 10.2 Å². The van der Waals surface area contributed by atoms with Gasteiger partial charge < -0.3 is 10.2 Å². The second kappa shape index (κ2) is 6.02. The van der Waals surface area contributed by atoms with Crippen molar-refractivity contribution in [3.05, 3.63) is 0 Å². The minimum absolute atomic E-state index is 0.789. The molecule has 0 heterocycles. The van der Waals surface area contributed by atoms with Gasteiger partial charge in [-0.3, -0.25) is 0 Å². The average Bonchev–Trinajstić information content (AvgIpc) is 3.10. The van der Waals surface area contributed by atoms with Crippen molar-refractivity contribution in [3.63, 3.8) is 0 Å². The van der Waals surface area contributed by atoms with E-state index in [2.05, 4.69) is 24.1 Å². The predicted molar refractivity (Wildman–Crippen MR) is 69.7 cm³/mol. The molecule has 2 aliphatic rings. The molecule has 2 unspecified atom stereocenters. The molecule has 2 rings (SSSR count). The Morgan fingerprint density at radius 3 is 2.56 bits per heavy atom. The summed E-state index contributed by atoms with van der Waals surface area (Å²) in [6.45, 7) is 8.32. The summed E-state index contributed by atoms with van der Waals surface area (Å²) in [7, 11) is 0. The lowest BCUT2D eigenvalue weighted by molar-refractivity contribution is 0.140. The molecule has 0 bridgehead atoms. The summed E-state index contributed by atoms with van der Waals surface area (Å²) in [6, 6.07) is 1.65. The molecule has 2 saturated carbocycles. The molecule has 16 heavy (non-hydrogen) atoms. The van der Waals surface area contributed by atoms with Gasteiger partial charge in [-0.1, -0.05) is 20.3 Å². The smallest absolute Gasteiger partial charge is 0.0110 e. The second-order valence-electron chi connectivity index (χ2n) is 5.61. The summed E-state index contributed by atoms with van der Waals surface area (Å²) in [4.78, 5) is 2.75. The lowest BCUT2D eigenvalue weighted by atomic mass is 9.89. The lowest BCUT2D eigenvalue weighted by Crippen LogP contribution is -2.45. The molecule has 0 aliphatic heterocycles. The molecule has 2 heteroatoms. The van der Waals surface area contributed by atoms with Gasteiger partial charge in [0.25, 0.3) is 0 Å². The zero-order valence-electron chi connectivity index (χ0n) is 11.0. The van der Waals surface area contributed by atoms with E-state index in [0.717, 1.165) is 24.5 Å². The van der Waals surface area contributed by atoms with Crippen LogP contribution in [0.4, 0.5) is 0 Å². The SMILES string of the molecule is CCNC1CCCC(N(CC)CC2CC2)C1. The molecular formula is C14H28N2. The Bertz CT molecular complexity index is 199. The van der Waals surface area contributed by atoms with Crippen molar-refractivity contribution in [1.29, 1.82) is 0 Å². The molecule has 2 fully saturated rings. The van der Waals surface area contributed by atoms with E-state index in [4.69, 9.17) is 0 Å². The summed E-state index contributed by atoms with van der Waals surface area (Å²) in [5.74, 6) is 1.04. The molecule has 0 aromatic rings. The number of nitrogens with one attached hydrogen (secondary N) is 1. The van der Waals surface area contributed by atoms with Gasteiger partial charge in [-0.05, 0) is 51.1 Å². The molecule has 0 aromatic carbocycles. The zero-order valence-corrected chi connectivity index (χ0v) is 11.0. The second-order valence-corrected chi connectivity index (χ2v) is 5.61. The van der Waals surface area contributed by atoms with Crippen molar-refractivity contribution in [2.45, 2.75) is 64.5 Å². The monoisotopic (exact) mass is 224 g/mol. The fourth-order valence-corrected chi connectivity index (χ4v) is 3.14. The van der Waals surface area contributed by atoms with E-state index < -0.39 is 0 Å². The third-order valence-electron chi connectivity index (χ3n) is 4.25. The van der Waals surface area contributed by atoms with Crippen LogP contribution in [-0.4, -0.2) is 36.6 Å². The molecule has 0 radical (unpaired) electrons. The Balaban J connectivity index is 1.80. The quantitative estimate of drug-likeness (QED) is 0.746. The maximum Gasteiger partial charge on any atom is 0.0110 e. The summed E-state index contributed by atoms with van der Waals surface area (Å²) in [5, 5.41) is 3.64. The third-order valence-corrected chi connectivity index (χ3v) is 4.25. The van der Waals surface area contributed by atoms with Gasteiger partial charge in [0.15, 0.2) is 0 Å². The van der Waals surface area contributed by atoms with E-state index in [9.17, 15) is 0 Å². The van der Waals surface area contributed by atoms with Crippen LogP contribution < -0.4 is 5.32 Å². The number of nitrogens with zero attached hydrogens (tertiary/aromatic N) is 1. The topological polar surface area (TPSA) is 15.3 Å². The van der Waals surface area contributed by atoms with Gasteiger partial charge in [0, 0.05) is 18.6 Å². The van der Waals surface area contributed by atoms with Gasteiger partial charge in [-0.25, -0.2) is 0 Å². The fraction of sp³-hybridized carbons (Fsp3) is 1.00. The van der Waals surface area contributed by atoms with Crippen LogP contribution in [-0.2, 0) is 0 Å². The molecule has 94 valence electrons. The largest absolute Gasteiger partial charge is 0.314 e. The van der Waals surface area contributed by atoms with Gasteiger partial charge in [-0.2, -0.15) is 0 Å². The summed E-state index contributed by atoms with van der Waals surface area (Å²) < 4.78 is 0. The summed E-state index contributed by atoms with van der Waals surface area (Å²) in [5.41, 5.74) is 0. The minimum atomic E-state index is 0.789. The molecule has 2 aliphatic carbocycles. The molecule has 0 aromatic heterocycles. The van der Waals surface area contributed by atoms with Gasteiger partial charge in [0.2, 0.25) is 0 Å². The Hall–Kier alpha value is -0.0800. The zero-order chi connectivity index (χ0) is 11.4. The van der Waals surface area contributed by atoms with Crippen molar-refractivity contribution in [3.8, 4) is 0 Å². The predicted octanol–water partition coefficient (Wildman–Crippen LogP) is 2.64. The van der Waals surface area contributed by atoms with Crippen molar-refractivity contribution in [2.24, 2.45) is 5.92 Å². The summed E-state index contributed by atoms with van der Waals surface area (Å²) in [6.07, 6.45) is 8.60.